The predicted octanol–water partition coefficient (Wildman–Crippen LogP) is 3.79. The zero-order chi connectivity index (χ0) is 19.3. The molecule has 0 bridgehead atoms. The van der Waals surface area contributed by atoms with Crippen molar-refractivity contribution in [3.05, 3.63) is 64.7 Å². The highest BCUT2D eigenvalue weighted by Gasteiger charge is 2.28. The van der Waals surface area contributed by atoms with Gasteiger partial charge in [0.2, 0.25) is 10.0 Å². The van der Waals surface area contributed by atoms with Crippen molar-refractivity contribution in [1.29, 1.82) is 0 Å². The lowest BCUT2D eigenvalue weighted by Gasteiger charge is -2.23. The first kappa shape index (κ1) is 19.5. The fourth-order valence-corrected chi connectivity index (χ4v) is 4.95. The lowest BCUT2D eigenvalue weighted by molar-refractivity contribution is 0.377. The molecule has 3 aromatic rings. The number of thiophene rings is 1. The Balaban J connectivity index is 1.93. The molecule has 0 atom stereocenters. The van der Waals surface area contributed by atoms with E-state index in [0.717, 1.165) is 10.4 Å². The molecule has 0 N–H and O–H groups in total. The topological polar surface area (TPSA) is 69.0 Å². The summed E-state index contributed by atoms with van der Waals surface area (Å²) in [4.78, 5) is 1.24. The van der Waals surface area contributed by atoms with Gasteiger partial charge in [0, 0.05) is 29.6 Å². The highest BCUT2D eigenvalue weighted by molar-refractivity contribution is 7.89. The van der Waals surface area contributed by atoms with Crippen LogP contribution in [0.3, 0.4) is 0 Å². The molecule has 0 spiro atoms. The van der Waals surface area contributed by atoms with Crippen LogP contribution in [0.15, 0.2) is 63.6 Å². The van der Waals surface area contributed by atoms with Crippen molar-refractivity contribution in [2.75, 3.05) is 20.8 Å². The zero-order valence-electron chi connectivity index (χ0n) is 15.1. The number of sulfonamides is 1. The largest absolute Gasteiger partial charge is 0.497 e. The summed E-state index contributed by atoms with van der Waals surface area (Å²) in [7, 11) is -0.815. The number of nitrogens with zero attached hydrogens (tertiary/aromatic N) is 1. The van der Waals surface area contributed by atoms with Crippen molar-refractivity contribution >= 4 is 21.4 Å². The molecule has 2 aromatic heterocycles. The van der Waals surface area contributed by atoms with Crippen molar-refractivity contribution in [2.45, 2.75) is 17.9 Å². The maximum Gasteiger partial charge on any atom is 0.247 e. The third kappa shape index (κ3) is 4.52. The van der Waals surface area contributed by atoms with Gasteiger partial charge in [-0.25, -0.2) is 8.42 Å². The number of hydrogen-bond acceptors (Lipinski definition) is 6. The molecule has 8 heteroatoms. The van der Waals surface area contributed by atoms with E-state index in [-0.39, 0.29) is 17.2 Å². The summed E-state index contributed by atoms with van der Waals surface area (Å²) in [6.07, 6.45) is 3.72. The highest BCUT2D eigenvalue weighted by atomic mass is 32.2. The second kappa shape index (κ2) is 8.60. The first-order valence-corrected chi connectivity index (χ1v) is 10.6. The van der Waals surface area contributed by atoms with E-state index in [2.05, 4.69) is 0 Å². The molecule has 0 radical (unpaired) electrons. The molecule has 0 aliphatic carbocycles. The summed E-state index contributed by atoms with van der Waals surface area (Å²) < 4.78 is 43.8. The number of ether oxygens (including phenoxy) is 2. The monoisotopic (exact) mass is 407 g/mol. The Morgan fingerprint density at radius 3 is 2.63 bits per heavy atom. The van der Waals surface area contributed by atoms with Crippen LogP contribution >= 0.6 is 11.3 Å². The van der Waals surface area contributed by atoms with Crippen LogP contribution < -0.4 is 9.47 Å². The third-order valence-corrected chi connectivity index (χ3v) is 6.94. The lowest BCUT2D eigenvalue weighted by Crippen LogP contribution is -2.32. The van der Waals surface area contributed by atoms with E-state index in [9.17, 15) is 8.42 Å². The Morgan fingerprint density at radius 2 is 2.00 bits per heavy atom. The normalized spacial score (nSPS) is 11.7. The molecule has 0 aliphatic rings. The fraction of sp³-hybridized carbons (Fsp3) is 0.263. The number of furan rings is 1. The number of hydrogen-bond donors (Lipinski definition) is 0. The molecule has 1 aromatic carbocycles. The van der Waals surface area contributed by atoms with E-state index in [1.165, 1.54) is 30.9 Å². The van der Waals surface area contributed by atoms with E-state index >= 15 is 0 Å². The van der Waals surface area contributed by atoms with Gasteiger partial charge in [0.15, 0.2) is 0 Å². The van der Waals surface area contributed by atoms with Crippen LogP contribution in [-0.2, 0) is 23.0 Å². The Kier molecular flexibility index (Phi) is 6.20. The molecular formula is C19H21NO5S2. The maximum absolute atomic E-state index is 13.4. The molecule has 0 saturated heterocycles. The average molecular weight is 408 g/mol. The predicted molar refractivity (Wildman–Crippen MR) is 104 cm³/mol. The quantitative estimate of drug-likeness (QED) is 0.540. The van der Waals surface area contributed by atoms with Gasteiger partial charge in [0.25, 0.3) is 0 Å². The van der Waals surface area contributed by atoms with Crippen molar-refractivity contribution in [3.8, 4) is 11.5 Å². The summed E-state index contributed by atoms with van der Waals surface area (Å²) >= 11 is 1.61. The lowest BCUT2D eigenvalue weighted by atomic mass is 10.3. The summed E-state index contributed by atoms with van der Waals surface area (Å²) in [6, 6.07) is 10.4. The van der Waals surface area contributed by atoms with Crippen LogP contribution in [0.25, 0.3) is 0 Å². The second-order valence-electron chi connectivity index (χ2n) is 5.82. The van der Waals surface area contributed by atoms with Crippen LogP contribution in [0.2, 0.25) is 0 Å². The molecule has 0 aliphatic heterocycles. The number of benzene rings is 1. The van der Waals surface area contributed by atoms with Crippen molar-refractivity contribution in [2.24, 2.45) is 0 Å². The molecule has 144 valence electrons. The molecule has 6 nitrogen and oxygen atoms in total. The van der Waals surface area contributed by atoms with Gasteiger partial charge in [-0.2, -0.15) is 4.31 Å². The minimum Gasteiger partial charge on any atom is -0.497 e. The van der Waals surface area contributed by atoms with E-state index in [0.29, 0.717) is 18.7 Å². The molecule has 3 rings (SSSR count). The fourth-order valence-electron chi connectivity index (χ4n) is 2.69. The van der Waals surface area contributed by atoms with E-state index in [1.54, 1.807) is 35.8 Å². The Hall–Kier alpha value is -2.29. The maximum atomic E-state index is 13.4. The summed E-state index contributed by atoms with van der Waals surface area (Å²) in [5, 5.41) is 1.98. The first-order valence-electron chi connectivity index (χ1n) is 8.30. The van der Waals surface area contributed by atoms with Crippen LogP contribution in [0.5, 0.6) is 11.5 Å². The standard InChI is InChI=1S/C19H21NO5S2/c1-23-16-5-6-19(18(12-16)24-2)27(21,22)20(13-15-8-10-25-14-15)9-7-17-4-3-11-26-17/h3-6,8,10-12,14H,7,9,13H2,1-2H3. The Bertz CT molecular complexity index is 950. The second-order valence-corrected chi connectivity index (χ2v) is 8.75. The summed E-state index contributed by atoms with van der Waals surface area (Å²) in [6.45, 7) is 0.572. The SMILES string of the molecule is COc1ccc(S(=O)(=O)N(CCc2cccs2)Cc2ccoc2)c(OC)c1. The van der Waals surface area contributed by atoms with E-state index in [1.807, 2.05) is 17.5 Å². The molecule has 0 amide bonds. The van der Waals surface area contributed by atoms with Gasteiger partial charge in [-0.15, -0.1) is 11.3 Å². The van der Waals surface area contributed by atoms with Crippen LogP contribution in [-0.4, -0.2) is 33.5 Å². The van der Waals surface area contributed by atoms with Gasteiger partial charge in [-0.1, -0.05) is 6.07 Å². The zero-order valence-corrected chi connectivity index (χ0v) is 16.8. The Labute approximate surface area is 163 Å². The minimum absolute atomic E-state index is 0.112. The van der Waals surface area contributed by atoms with Crippen LogP contribution in [0.1, 0.15) is 10.4 Å². The summed E-state index contributed by atoms with van der Waals surface area (Å²) in [5.41, 5.74) is 0.789. The number of methoxy groups -OCH3 is 2. The van der Waals surface area contributed by atoms with E-state index < -0.39 is 10.0 Å². The van der Waals surface area contributed by atoms with Crippen molar-refractivity contribution in [3.63, 3.8) is 0 Å². The number of rotatable bonds is 9. The molecule has 0 fully saturated rings. The summed E-state index contributed by atoms with van der Waals surface area (Å²) in [5.74, 6) is 0.786. The van der Waals surface area contributed by atoms with E-state index in [4.69, 9.17) is 13.9 Å². The molecule has 0 unspecified atom stereocenters. The molecular weight excluding hydrogens is 386 g/mol. The van der Waals surface area contributed by atoms with Crippen molar-refractivity contribution < 1.29 is 22.3 Å². The van der Waals surface area contributed by atoms with Gasteiger partial charge in [0.05, 0.1) is 26.7 Å². The highest BCUT2D eigenvalue weighted by Crippen LogP contribution is 2.31. The molecule has 2 heterocycles. The minimum atomic E-state index is -3.78. The average Bonchev–Trinajstić information content (AvgIpc) is 3.38. The van der Waals surface area contributed by atoms with Crippen molar-refractivity contribution in [1.82, 2.24) is 4.31 Å². The molecule has 27 heavy (non-hydrogen) atoms. The van der Waals surface area contributed by atoms with Gasteiger partial charge in [-0.05, 0) is 36.1 Å². The van der Waals surface area contributed by atoms with Gasteiger partial charge < -0.3 is 13.9 Å². The smallest absolute Gasteiger partial charge is 0.247 e. The molecule has 0 saturated carbocycles. The van der Waals surface area contributed by atoms with Crippen LogP contribution in [0.4, 0.5) is 0 Å². The van der Waals surface area contributed by atoms with Crippen LogP contribution in [0, 0.1) is 0 Å². The van der Waals surface area contributed by atoms with Gasteiger partial charge in [0.1, 0.15) is 16.4 Å². The first-order chi connectivity index (χ1) is 13.0. The van der Waals surface area contributed by atoms with Gasteiger partial charge in [-0.3, -0.25) is 0 Å². The Morgan fingerprint density at radius 1 is 1.15 bits per heavy atom. The van der Waals surface area contributed by atoms with Gasteiger partial charge >= 0.3 is 0 Å². The third-order valence-electron chi connectivity index (χ3n) is 4.12.